The third-order valence-electron chi connectivity index (χ3n) is 6.06. The molecule has 0 saturated carbocycles. The van der Waals surface area contributed by atoms with Crippen LogP contribution in [0, 0.1) is 0 Å². The van der Waals surface area contributed by atoms with E-state index in [9.17, 15) is 0 Å². The van der Waals surface area contributed by atoms with Crippen LogP contribution in [0.4, 0.5) is 0 Å². The van der Waals surface area contributed by atoms with E-state index in [1.807, 2.05) is 7.05 Å². The van der Waals surface area contributed by atoms with Crippen LogP contribution < -0.4 is 10.6 Å². The zero-order valence-electron chi connectivity index (χ0n) is 17.7. The average Bonchev–Trinajstić information content (AvgIpc) is 3.11. The summed E-state index contributed by atoms with van der Waals surface area (Å²) in [6, 6.07) is 0. The van der Waals surface area contributed by atoms with Crippen molar-refractivity contribution >= 4 is 29.9 Å². The first kappa shape index (κ1) is 23.3. The molecule has 2 fully saturated rings. The second kappa shape index (κ2) is 11.3. The van der Waals surface area contributed by atoms with Gasteiger partial charge in [-0.05, 0) is 65.8 Å². The van der Waals surface area contributed by atoms with Gasteiger partial charge < -0.3 is 15.5 Å². The molecule has 0 spiro atoms. The standard InChI is InChI=1S/C19H36N8.HI/c1-4-20-18(21-14-17-23-16-24-26(17)3)22-15-19(8-12-25(2)13-9-19)27-10-6-5-7-11-27;/h16H,4-15H2,1-3H3,(H2,20,21,22);1H. The Morgan fingerprint density at radius 1 is 1.11 bits per heavy atom. The Kier molecular flexibility index (Phi) is 9.42. The number of hydrogen-bond acceptors (Lipinski definition) is 5. The topological polar surface area (TPSA) is 73.6 Å². The lowest BCUT2D eigenvalue weighted by molar-refractivity contribution is 0.0173. The van der Waals surface area contributed by atoms with Gasteiger partial charge in [-0.25, -0.2) is 9.98 Å². The average molecular weight is 504 g/mol. The van der Waals surface area contributed by atoms with Gasteiger partial charge in [-0.1, -0.05) is 6.42 Å². The van der Waals surface area contributed by atoms with Crippen LogP contribution in [0.5, 0.6) is 0 Å². The zero-order chi connectivity index (χ0) is 19.1. The van der Waals surface area contributed by atoms with E-state index in [-0.39, 0.29) is 29.5 Å². The van der Waals surface area contributed by atoms with Crippen molar-refractivity contribution in [3.63, 3.8) is 0 Å². The Hall–Kier alpha value is -0.940. The number of aryl methyl sites for hydroxylation is 1. The van der Waals surface area contributed by atoms with Gasteiger partial charge in [0.1, 0.15) is 18.7 Å². The summed E-state index contributed by atoms with van der Waals surface area (Å²) >= 11 is 0. The van der Waals surface area contributed by atoms with Gasteiger partial charge in [0.25, 0.3) is 0 Å². The number of guanidine groups is 1. The summed E-state index contributed by atoms with van der Waals surface area (Å²) in [5, 5.41) is 11.2. The lowest BCUT2D eigenvalue weighted by atomic mass is 9.84. The molecule has 160 valence electrons. The number of likely N-dealkylation sites (tertiary alicyclic amines) is 2. The van der Waals surface area contributed by atoms with E-state index in [0.29, 0.717) is 6.54 Å². The van der Waals surface area contributed by atoms with Crippen LogP contribution in [-0.4, -0.2) is 82.4 Å². The lowest BCUT2D eigenvalue weighted by Crippen LogP contribution is -2.62. The molecule has 2 aliphatic rings. The first-order chi connectivity index (χ1) is 13.1. The number of aromatic nitrogens is 3. The second-order valence-corrected chi connectivity index (χ2v) is 7.92. The molecule has 0 aromatic carbocycles. The van der Waals surface area contributed by atoms with E-state index in [4.69, 9.17) is 4.99 Å². The van der Waals surface area contributed by atoms with Crippen molar-refractivity contribution in [2.45, 2.75) is 51.1 Å². The Bertz CT molecular complexity index is 603. The molecule has 3 heterocycles. The lowest BCUT2D eigenvalue weighted by Gasteiger charge is -2.50. The van der Waals surface area contributed by atoms with Crippen LogP contribution >= 0.6 is 24.0 Å². The highest BCUT2D eigenvalue weighted by Gasteiger charge is 2.39. The van der Waals surface area contributed by atoms with Crippen LogP contribution in [0.3, 0.4) is 0 Å². The van der Waals surface area contributed by atoms with Crippen molar-refractivity contribution in [2.24, 2.45) is 12.0 Å². The Morgan fingerprint density at radius 3 is 2.43 bits per heavy atom. The van der Waals surface area contributed by atoms with Crippen LogP contribution in [0.2, 0.25) is 0 Å². The van der Waals surface area contributed by atoms with Gasteiger partial charge in [0.05, 0.1) is 0 Å². The Labute approximate surface area is 186 Å². The summed E-state index contributed by atoms with van der Waals surface area (Å²) in [6.45, 7) is 9.25. The SMILES string of the molecule is CCNC(=NCc1ncnn1C)NCC1(N2CCCCC2)CCN(C)CC1.I. The van der Waals surface area contributed by atoms with Crippen molar-refractivity contribution in [1.29, 1.82) is 0 Å². The Morgan fingerprint density at radius 2 is 1.82 bits per heavy atom. The van der Waals surface area contributed by atoms with Gasteiger partial charge in [-0.3, -0.25) is 9.58 Å². The number of nitrogens with zero attached hydrogens (tertiary/aromatic N) is 6. The summed E-state index contributed by atoms with van der Waals surface area (Å²) in [4.78, 5) is 14.2. The minimum atomic E-state index is 0. The molecule has 2 aliphatic heterocycles. The molecule has 2 saturated heterocycles. The molecular weight excluding hydrogens is 467 g/mol. The number of rotatable bonds is 6. The maximum Gasteiger partial charge on any atom is 0.191 e. The van der Waals surface area contributed by atoms with Crippen molar-refractivity contribution in [3.05, 3.63) is 12.2 Å². The molecule has 2 N–H and O–H groups in total. The van der Waals surface area contributed by atoms with Gasteiger partial charge in [0, 0.05) is 25.7 Å². The molecule has 0 aliphatic carbocycles. The predicted molar refractivity (Wildman–Crippen MR) is 124 cm³/mol. The molecule has 8 nitrogen and oxygen atoms in total. The van der Waals surface area contributed by atoms with E-state index in [1.54, 1.807) is 11.0 Å². The maximum absolute atomic E-state index is 4.73. The van der Waals surface area contributed by atoms with E-state index < -0.39 is 0 Å². The fourth-order valence-corrected chi connectivity index (χ4v) is 4.21. The normalized spacial score (nSPS) is 21.2. The number of halogens is 1. The summed E-state index contributed by atoms with van der Waals surface area (Å²) < 4.78 is 1.78. The monoisotopic (exact) mass is 504 g/mol. The third-order valence-corrected chi connectivity index (χ3v) is 6.06. The van der Waals surface area contributed by atoms with Gasteiger partial charge in [-0.2, -0.15) is 5.10 Å². The molecule has 9 heteroatoms. The quantitative estimate of drug-likeness (QED) is 0.347. The molecule has 0 atom stereocenters. The Balaban J connectivity index is 0.00000280. The minimum absolute atomic E-state index is 0. The number of nitrogens with one attached hydrogen (secondary N) is 2. The summed E-state index contributed by atoms with van der Waals surface area (Å²) in [7, 11) is 4.14. The smallest absolute Gasteiger partial charge is 0.191 e. The molecule has 0 amide bonds. The van der Waals surface area contributed by atoms with Crippen LogP contribution in [0.15, 0.2) is 11.3 Å². The molecule has 0 bridgehead atoms. The van der Waals surface area contributed by atoms with Crippen molar-refractivity contribution in [1.82, 2.24) is 35.2 Å². The predicted octanol–water partition coefficient (Wildman–Crippen LogP) is 1.44. The molecule has 28 heavy (non-hydrogen) atoms. The fraction of sp³-hybridized carbons (Fsp3) is 0.842. The zero-order valence-corrected chi connectivity index (χ0v) is 20.0. The van der Waals surface area contributed by atoms with Crippen molar-refractivity contribution in [3.8, 4) is 0 Å². The largest absolute Gasteiger partial charge is 0.357 e. The van der Waals surface area contributed by atoms with Gasteiger partial charge in [0.15, 0.2) is 5.96 Å². The highest BCUT2D eigenvalue weighted by molar-refractivity contribution is 14.0. The van der Waals surface area contributed by atoms with Crippen LogP contribution in [0.1, 0.15) is 44.9 Å². The third kappa shape index (κ3) is 6.03. The maximum atomic E-state index is 4.73. The molecule has 1 aromatic heterocycles. The van der Waals surface area contributed by atoms with Gasteiger partial charge >= 0.3 is 0 Å². The van der Waals surface area contributed by atoms with E-state index >= 15 is 0 Å². The number of piperidine rings is 2. The molecular formula is C19H37IN8. The van der Waals surface area contributed by atoms with Crippen LogP contribution in [0.25, 0.3) is 0 Å². The van der Waals surface area contributed by atoms with E-state index in [2.05, 4.69) is 44.5 Å². The van der Waals surface area contributed by atoms with Gasteiger partial charge in [-0.15, -0.1) is 24.0 Å². The van der Waals surface area contributed by atoms with E-state index in [1.165, 1.54) is 58.3 Å². The molecule has 0 unspecified atom stereocenters. The molecule has 3 rings (SSSR count). The number of hydrogen-bond donors (Lipinski definition) is 2. The summed E-state index contributed by atoms with van der Waals surface area (Å²) in [5.41, 5.74) is 0.244. The van der Waals surface area contributed by atoms with Gasteiger partial charge in [0.2, 0.25) is 0 Å². The highest BCUT2D eigenvalue weighted by Crippen LogP contribution is 2.30. The van der Waals surface area contributed by atoms with Crippen LogP contribution in [-0.2, 0) is 13.6 Å². The van der Waals surface area contributed by atoms with E-state index in [0.717, 1.165) is 24.9 Å². The first-order valence-corrected chi connectivity index (χ1v) is 10.4. The van der Waals surface area contributed by atoms with Crippen molar-refractivity contribution < 1.29 is 0 Å². The fourth-order valence-electron chi connectivity index (χ4n) is 4.21. The summed E-state index contributed by atoms with van der Waals surface area (Å²) in [5.74, 6) is 1.74. The highest BCUT2D eigenvalue weighted by atomic mass is 127. The summed E-state index contributed by atoms with van der Waals surface area (Å²) in [6.07, 6.45) is 8.06. The number of aliphatic imine (C=N–C) groups is 1. The molecule has 1 aromatic rings. The second-order valence-electron chi connectivity index (χ2n) is 7.92. The van der Waals surface area contributed by atoms with Crippen molar-refractivity contribution in [2.75, 3.05) is 46.3 Å². The minimum Gasteiger partial charge on any atom is -0.357 e. The first-order valence-electron chi connectivity index (χ1n) is 10.4. The molecule has 0 radical (unpaired) electrons.